The second kappa shape index (κ2) is 7.92. The zero-order valence-electron chi connectivity index (χ0n) is 15.8. The fourth-order valence-electron chi connectivity index (χ4n) is 3.06. The maximum absolute atomic E-state index is 4.51. The van der Waals surface area contributed by atoms with Crippen molar-refractivity contribution in [1.82, 2.24) is 0 Å². The number of benzene rings is 3. The molecular formula is C24H24N2. The molecule has 0 saturated carbocycles. The SMILES string of the molecule is C/N=C(\c1ccc(C)cc1)c1ccc(/C(=N/C)c2ccc(C)cc2)cc1. The van der Waals surface area contributed by atoms with Gasteiger partial charge in [0.05, 0.1) is 11.4 Å². The van der Waals surface area contributed by atoms with E-state index < -0.39 is 0 Å². The summed E-state index contributed by atoms with van der Waals surface area (Å²) in [6.07, 6.45) is 0. The van der Waals surface area contributed by atoms with Crippen molar-refractivity contribution in [3.05, 3.63) is 106 Å². The summed E-state index contributed by atoms with van der Waals surface area (Å²) in [6.45, 7) is 4.19. The van der Waals surface area contributed by atoms with E-state index in [1.54, 1.807) is 0 Å². The number of hydrogen-bond acceptors (Lipinski definition) is 2. The van der Waals surface area contributed by atoms with Gasteiger partial charge in [-0.15, -0.1) is 0 Å². The van der Waals surface area contributed by atoms with Crippen LogP contribution in [-0.2, 0) is 0 Å². The summed E-state index contributed by atoms with van der Waals surface area (Å²) in [4.78, 5) is 9.01. The van der Waals surface area contributed by atoms with Crippen LogP contribution in [0.1, 0.15) is 33.4 Å². The molecule has 0 aromatic heterocycles. The fourth-order valence-corrected chi connectivity index (χ4v) is 3.06. The van der Waals surface area contributed by atoms with Crippen LogP contribution in [0.15, 0.2) is 82.8 Å². The molecule has 0 spiro atoms. The zero-order chi connectivity index (χ0) is 18.5. The molecule has 0 amide bonds. The maximum atomic E-state index is 4.51. The van der Waals surface area contributed by atoms with Gasteiger partial charge in [-0.05, 0) is 13.8 Å². The Morgan fingerprint density at radius 3 is 0.923 bits per heavy atom. The van der Waals surface area contributed by atoms with Crippen molar-refractivity contribution in [3.63, 3.8) is 0 Å². The number of aliphatic imine (C=N–C) groups is 2. The number of aryl methyl sites for hydroxylation is 2. The Morgan fingerprint density at radius 1 is 0.462 bits per heavy atom. The minimum atomic E-state index is 1.00. The van der Waals surface area contributed by atoms with Gasteiger partial charge in [0.15, 0.2) is 0 Å². The van der Waals surface area contributed by atoms with Gasteiger partial charge in [-0.3, -0.25) is 9.98 Å². The molecule has 0 atom stereocenters. The minimum absolute atomic E-state index is 1.00. The molecule has 3 aromatic carbocycles. The quantitative estimate of drug-likeness (QED) is 0.580. The van der Waals surface area contributed by atoms with Crippen LogP contribution < -0.4 is 0 Å². The standard InChI is InChI=1S/C24H24N2/c1-17-5-9-19(10-6-17)23(25-3)21-13-15-22(16-14-21)24(26-4)20-11-7-18(2)8-12-20/h5-16H,1-4H3/b25-23+,26-24+. The van der Waals surface area contributed by atoms with Gasteiger partial charge in [-0.25, -0.2) is 0 Å². The summed E-state index contributed by atoms with van der Waals surface area (Å²) in [5.41, 5.74) is 8.99. The fraction of sp³-hybridized carbons (Fsp3) is 0.167. The van der Waals surface area contributed by atoms with Crippen molar-refractivity contribution < 1.29 is 0 Å². The first kappa shape index (κ1) is 17.8. The molecule has 0 unspecified atom stereocenters. The average molecular weight is 340 g/mol. The largest absolute Gasteiger partial charge is 0.287 e. The highest BCUT2D eigenvalue weighted by molar-refractivity contribution is 6.15. The average Bonchev–Trinajstić information content (AvgIpc) is 2.67. The van der Waals surface area contributed by atoms with Crippen LogP contribution in [0.3, 0.4) is 0 Å². The smallest absolute Gasteiger partial charge is 0.0715 e. The monoisotopic (exact) mass is 340 g/mol. The molecule has 3 rings (SSSR count). The van der Waals surface area contributed by atoms with E-state index in [0.717, 1.165) is 33.7 Å². The van der Waals surface area contributed by atoms with Crippen LogP contribution in [0, 0.1) is 13.8 Å². The van der Waals surface area contributed by atoms with Crippen LogP contribution >= 0.6 is 0 Å². The van der Waals surface area contributed by atoms with E-state index >= 15 is 0 Å². The molecule has 0 aliphatic heterocycles. The predicted octanol–water partition coefficient (Wildman–Crippen LogP) is 5.24. The van der Waals surface area contributed by atoms with Crippen LogP contribution in [0.5, 0.6) is 0 Å². The Kier molecular flexibility index (Phi) is 5.43. The first-order valence-electron chi connectivity index (χ1n) is 8.81. The molecule has 0 N–H and O–H groups in total. The van der Waals surface area contributed by atoms with Crippen molar-refractivity contribution in [2.75, 3.05) is 14.1 Å². The van der Waals surface area contributed by atoms with Gasteiger partial charge >= 0.3 is 0 Å². The van der Waals surface area contributed by atoms with Crippen molar-refractivity contribution >= 4 is 11.4 Å². The summed E-state index contributed by atoms with van der Waals surface area (Å²) in [7, 11) is 3.68. The summed E-state index contributed by atoms with van der Waals surface area (Å²) in [6, 6.07) is 25.5. The van der Waals surface area contributed by atoms with Crippen LogP contribution in [0.25, 0.3) is 0 Å². The second-order valence-electron chi connectivity index (χ2n) is 6.45. The molecule has 2 nitrogen and oxygen atoms in total. The lowest BCUT2D eigenvalue weighted by Gasteiger charge is -2.10. The van der Waals surface area contributed by atoms with E-state index in [4.69, 9.17) is 0 Å². The normalized spacial score (nSPS) is 12.3. The molecule has 26 heavy (non-hydrogen) atoms. The van der Waals surface area contributed by atoms with E-state index in [9.17, 15) is 0 Å². The van der Waals surface area contributed by atoms with Crippen LogP contribution in [0.2, 0.25) is 0 Å². The van der Waals surface area contributed by atoms with Gasteiger partial charge in [-0.1, -0.05) is 83.9 Å². The van der Waals surface area contributed by atoms with Gasteiger partial charge in [0.1, 0.15) is 0 Å². The van der Waals surface area contributed by atoms with Gasteiger partial charge in [0, 0.05) is 36.3 Å². The molecule has 0 bridgehead atoms. The zero-order valence-corrected chi connectivity index (χ0v) is 15.8. The molecule has 0 saturated heterocycles. The molecule has 0 heterocycles. The lowest BCUT2D eigenvalue weighted by molar-refractivity contribution is 1.38. The molecule has 0 radical (unpaired) electrons. The lowest BCUT2D eigenvalue weighted by Crippen LogP contribution is -2.06. The van der Waals surface area contributed by atoms with Gasteiger partial charge in [-0.2, -0.15) is 0 Å². The highest BCUT2D eigenvalue weighted by Gasteiger charge is 2.09. The minimum Gasteiger partial charge on any atom is -0.287 e. The molecule has 130 valence electrons. The first-order chi connectivity index (χ1) is 12.6. The lowest BCUT2D eigenvalue weighted by atomic mass is 9.97. The van der Waals surface area contributed by atoms with Gasteiger partial charge < -0.3 is 0 Å². The third-order valence-corrected chi connectivity index (χ3v) is 4.53. The maximum Gasteiger partial charge on any atom is 0.0715 e. The van der Waals surface area contributed by atoms with E-state index in [1.165, 1.54) is 11.1 Å². The molecule has 0 aliphatic carbocycles. The highest BCUT2D eigenvalue weighted by Crippen LogP contribution is 2.16. The molecule has 0 fully saturated rings. The Bertz CT molecular complexity index is 849. The summed E-state index contributed by atoms with van der Waals surface area (Å²) in [5, 5.41) is 0. The van der Waals surface area contributed by atoms with Crippen molar-refractivity contribution in [3.8, 4) is 0 Å². The predicted molar refractivity (Wildman–Crippen MR) is 112 cm³/mol. The molecule has 2 heteroatoms. The molecule has 0 aliphatic rings. The Morgan fingerprint density at radius 2 is 0.692 bits per heavy atom. The Balaban J connectivity index is 1.92. The summed E-state index contributed by atoms with van der Waals surface area (Å²) in [5.74, 6) is 0. The van der Waals surface area contributed by atoms with E-state index in [2.05, 4.69) is 96.6 Å². The number of nitrogens with zero attached hydrogens (tertiary/aromatic N) is 2. The Labute approximate surface area is 156 Å². The van der Waals surface area contributed by atoms with Gasteiger partial charge in [0.25, 0.3) is 0 Å². The van der Waals surface area contributed by atoms with Crippen LogP contribution in [0.4, 0.5) is 0 Å². The summed E-state index contributed by atoms with van der Waals surface area (Å²) >= 11 is 0. The first-order valence-corrected chi connectivity index (χ1v) is 8.81. The van der Waals surface area contributed by atoms with Crippen LogP contribution in [-0.4, -0.2) is 25.5 Å². The topological polar surface area (TPSA) is 24.7 Å². The second-order valence-corrected chi connectivity index (χ2v) is 6.45. The van der Waals surface area contributed by atoms with Crippen molar-refractivity contribution in [2.24, 2.45) is 9.98 Å². The van der Waals surface area contributed by atoms with Gasteiger partial charge in [0.2, 0.25) is 0 Å². The molecule has 3 aromatic rings. The number of hydrogen-bond donors (Lipinski definition) is 0. The van der Waals surface area contributed by atoms with E-state index in [-0.39, 0.29) is 0 Å². The van der Waals surface area contributed by atoms with E-state index in [1.807, 2.05) is 14.1 Å². The van der Waals surface area contributed by atoms with E-state index in [0.29, 0.717) is 0 Å². The summed E-state index contributed by atoms with van der Waals surface area (Å²) < 4.78 is 0. The highest BCUT2D eigenvalue weighted by atomic mass is 14.7. The van der Waals surface area contributed by atoms with Crippen molar-refractivity contribution in [2.45, 2.75) is 13.8 Å². The number of rotatable bonds is 4. The molecular weight excluding hydrogens is 316 g/mol. The third-order valence-electron chi connectivity index (χ3n) is 4.53. The third kappa shape index (κ3) is 3.80. The Hall–Kier alpha value is -3.00. The van der Waals surface area contributed by atoms with Crippen molar-refractivity contribution in [1.29, 1.82) is 0 Å².